The van der Waals surface area contributed by atoms with Crippen molar-refractivity contribution in [2.75, 3.05) is 6.54 Å². The molecule has 3 aromatic rings. The minimum atomic E-state index is -4.85. The molecule has 10 heteroatoms. The molecule has 1 N–H and O–H groups in total. The summed E-state index contributed by atoms with van der Waals surface area (Å²) in [5.74, 6) is -1.35. The molecule has 0 saturated heterocycles. The molecule has 1 aromatic heterocycles. The average Bonchev–Trinajstić information content (AvgIpc) is 3.08. The number of carbonyl (C=O) groups is 1. The highest BCUT2D eigenvalue weighted by Gasteiger charge is 2.40. The second kappa shape index (κ2) is 8.64. The number of amides is 1. The van der Waals surface area contributed by atoms with Crippen molar-refractivity contribution in [2.45, 2.75) is 12.6 Å². The Kier molecular flexibility index (Phi) is 6.21. The van der Waals surface area contributed by atoms with Gasteiger partial charge in [0, 0.05) is 11.0 Å². The van der Waals surface area contributed by atoms with E-state index in [-0.39, 0.29) is 12.2 Å². The zero-order chi connectivity index (χ0) is 21.0. The predicted octanol–water partition coefficient (Wildman–Crippen LogP) is 5.12. The van der Waals surface area contributed by atoms with Gasteiger partial charge in [-0.1, -0.05) is 28.1 Å². The summed E-state index contributed by atoms with van der Waals surface area (Å²) in [6, 6.07) is 11.7. The van der Waals surface area contributed by atoms with Gasteiger partial charge in [-0.3, -0.25) is 0 Å². The molecule has 0 saturated carbocycles. The van der Waals surface area contributed by atoms with Crippen LogP contribution in [0, 0.1) is 5.82 Å². The fourth-order valence-corrected chi connectivity index (χ4v) is 2.81. The molecule has 0 radical (unpaired) electrons. The van der Waals surface area contributed by atoms with Gasteiger partial charge in [0.15, 0.2) is 11.4 Å². The molecule has 0 bridgehead atoms. The summed E-state index contributed by atoms with van der Waals surface area (Å²) in [7, 11) is 0. The summed E-state index contributed by atoms with van der Waals surface area (Å²) >= 11 is 3.31. The molecule has 1 amide bonds. The van der Waals surface area contributed by atoms with Crippen LogP contribution in [-0.2, 0) is 12.6 Å². The SMILES string of the molecule is O=C(NCCc1ccc(Br)cc1)Oc1cnn(-c2ccc(F)cc2)c1C(F)(F)F. The molecule has 0 fully saturated rings. The summed E-state index contributed by atoms with van der Waals surface area (Å²) in [5.41, 5.74) is -0.356. The Labute approximate surface area is 171 Å². The number of hydrogen-bond donors (Lipinski definition) is 1. The average molecular weight is 472 g/mol. The van der Waals surface area contributed by atoms with Gasteiger partial charge < -0.3 is 10.1 Å². The van der Waals surface area contributed by atoms with Gasteiger partial charge in [-0.15, -0.1) is 0 Å². The first kappa shape index (κ1) is 20.8. The second-order valence-electron chi connectivity index (χ2n) is 5.94. The van der Waals surface area contributed by atoms with E-state index in [2.05, 4.69) is 26.3 Å². The van der Waals surface area contributed by atoms with Crippen LogP contribution in [-0.4, -0.2) is 22.4 Å². The van der Waals surface area contributed by atoms with Crippen LogP contribution in [0.5, 0.6) is 5.75 Å². The third-order valence-electron chi connectivity index (χ3n) is 3.87. The van der Waals surface area contributed by atoms with Crippen LogP contribution in [0.3, 0.4) is 0 Å². The molecule has 29 heavy (non-hydrogen) atoms. The topological polar surface area (TPSA) is 56.1 Å². The van der Waals surface area contributed by atoms with Gasteiger partial charge >= 0.3 is 12.3 Å². The Balaban J connectivity index is 1.70. The maximum atomic E-state index is 13.5. The lowest BCUT2D eigenvalue weighted by Gasteiger charge is -2.13. The van der Waals surface area contributed by atoms with E-state index in [9.17, 15) is 22.4 Å². The largest absolute Gasteiger partial charge is 0.437 e. The molecule has 0 aliphatic heterocycles. The van der Waals surface area contributed by atoms with Crippen LogP contribution in [0.2, 0.25) is 0 Å². The van der Waals surface area contributed by atoms with Gasteiger partial charge in [-0.05, 0) is 48.4 Å². The predicted molar refractivity (Wildman–Crippen MR) is 100 cm³/mol. The lowest BCUT2D eigenvalue weighted by molar-refractivity contribution is -0.143. The number of ether oxygens (including phenoxy) is 1. The van der Waals surface area contributed by atoms with E-state index >= 15 is 0 Å². The first-order valence-corrected chi connectivity index (χ1v) is 9.14. The number of aromatic nitrogens is 2. The molecule has 2 aromatic carbocycles. The number of alkyl halides is 3. The Morgan fingerprint density at radius 2 is 1.76 bits per heavy atom. The maximum absolute atomic E-state index is 13.5. The molecule has 0 aliphatic carbocycles. The van der Waals surface area contributed by atoms with Gasteiger partial charge in [0.1, 0.15) is 5.82 Å². The number of carbonyl (C=O) groups excluding carboxylic acids is 1. The standard InChI is InChI=1S/C19H14BrF4N3O2/c20-13-3-1-12(2-4-13)9-10-25-18(28)29-16-11-26-27(17(16)19(22,23)24)15-7-5-14(21)6-8-15/h1-8,11H,9-10H2,(H,25,28). The molecule has 0 spiro atoms. The van der Waals surface area contributed by atoms with E-state index in [1.54, 1.807) is 0 Å². The monoisotopic (exact) mass is 471 g/mol. The highest BCUT2D eigenvalue weighted by molar-refractivity contribution is 9.10. The third-order valence-corrected chi connectivity index (χ3v) is 4.40. The summed E-state index contributed by atoms with van der Waals surface area (Å²) < 4.78 is 59.9. The molecule has 0 atom stereocenters. The third kappa shape index (κ3) is 5.35. The van der Waals surface area contributed by atoms with Crippen molar-refractivity contribution in [2.24, 2.45) is 0 Å². The van der Waals surface area contributed by atoms with Crippen molar-refractivity contribution in [1.29, 1.82) is 0 Å². The zero-order valence-electron chi connectivity index (χ0n) is 14.7. The quantitative estimate of drug-likeness (QED) is 0.525. The van der Waals surface area contributed by atoms with Crippen molar-refractivity contribution in [3.8, 4) is 11.4 Å². The molecule has 1 heterocycles. The van der Waals surface area contributed by atoms with E-state index < -0.39 is 29.5 Å². The molecular weight excluding hydrogens is 458 g/mol. The Bertz CT molecular complexity index is 986. The Hall–Kier alpha value is -2.88. The lowest BCUT2D eigenvalue weighted by Crippen LogP contribution is -2.29. The minimum Gasteiger partial charge on any atom is -0.406 e. The first-order chi connectivity index (χ1) is 13.7. The summed E-state index contributed by atoms with van der Waals surface area (Å²) in [6.07, 6.45) is -4.62. The van der Waals surface area contributed by atoms with Crippen molar-refractivity contribution >= 4 is 22.0 Å². The smallest absolute Gasteiger partial charge is 0.406 e. The Morgan fingerprint density at radius 3 is 2.38 bits per heavy atom. The normalized spacial score (nSPS) is 11.3. The van der Waals surface area contributed by atoms with Gasteiger partial charge in [-0.2, -0.15) is 18.3 Å². The fraction of sp³-hybridized carbons (Fsp3) is 0.158. The van der Waals surface area contributed by atoms with Crippen molar-refractivity contribution < 1.29 is 27.1 Å². The van der Waals surface area contributed by atoms with E-state index in [0.717, 1.165) is 40.5 Å². The number of hydrogen-bond acceptors (Lipinski definition) is 3. The summed E-state index contributed by atoms with van der Waals surface area (Å²) in [6.45, 7) is 0.175. The van der Waals surface area contributed by atoms with Crippen LogP contribution in [0.25, 0.3) is 5.69 Å². The molecule has 152 valence electrons. The van der Waals surface area contributed by atoms with Gasteiger partial charge in [0.25, 0.3) is 0 Å². The molecular formula is C19H14BrF4N3O2. The van der Waals surface area contributed by atoms with Crippen LogP contribution in [0.15, 0.2) is 59.2 Å². The van der Waals surface area contributed by atoms with Crippen LogP contribution >= 0.6 is 15.9 Å². The lowest BCUT2D eigenvalue weighted by atomic mass is 10.1. The number of nitrogens with zero attached hydrogens (tertiary/aromatic N) is 2. The van der Waals surface area contributed by atoms with Gasteiger partial charge in [0.2, 0.25) is 0 Å². The number of nitrogens with one attached hydrogen (secondary N) is 1. The molecule has 3 rings (SSSR count). The summed E-state index contributed by atoms with van der Waals surface area (Å²) in [5, 5.41) is 6.04. The highest BCUT2D eigenvalue weighted by Crippen LogP contribution is 2.37. The molecule has 0 aliphatic rings. The zero-order valence-corrected chi connectivity index (χ0v) is 16.3. The second-order valence-corrected chi connectivity index (χ2v) is 6.85. The molecule has 0 unspecified atom stereocenters. The first-order valence-electron chi connectivity index (χ1n) is 8.35. The van der Waals surface area contributed by atoms with E-state index in [4.69, 9.17) is 4.74 Å². The molecule has 5 nitrogen and oxygen atoms in total. The van der Waals surface area contributed by atoms with E-state index in [1.807, 2.05) is 24.3 Å². The number of rotatable bonds is 5. The number of halogens is 5. The van der Waals surface area contributed by atoms with E-state index in [0.29, 0.717) is 11.1 Å². The van der Waals surface area contributed by atoms with Crippen molar-refractivity contribution in [3.63, 3.8) is 0 Å². The maximum Gasteiger partial charge on any atom is 0.437 e. The Morgan fingerprint density at radius 1 is 1.10 bits per heavy atom. The van der Waals surface area contributed by atoms with Crippen molar-refractivity contribution in [3.05, 3.63) is 76.3 Å². The van der Waals surface area contributed by atoms with Crippen molar-refractivity contribution in [1.82, 2.24) is 15.1 Å². The van der Waals surface area contributed by atoms with Gasteiger partial charge in [-0.25, -0.2) is 13.9 Å². The van der Waals surface area contributed by atoms with E-state index in [1.165, 1.54) is 0 Å². The van der Waals surface area contributed by atoms with Crippen LogP contribution in [0.1, 0.15) is 11.3 Å². The van der Waals surface area contributed by atoms with Crippen LogP contribution < -0.4 is 10.1 Å². The van der Waals surface area contributed by atoms with Crippen LogP contribution in [0.4, 0.5) is 22.4 Å². The highest BCUT2D eigenvalue weighted by atomic mass is 79.9. The number of benzene rings is 2. The minimum absolute atomic E-state index is 0.0239. The van der Waals surface area contributed by atoms with Gasteiger partial charge in [0.05, 0.1) is 11.9 Å². The fourth-order valence-electron chi connectivity index (χ4n) is 2.54. The summed E-state index contributed by atoms with van der Waals surface area (Å²) in [4.78, 5) is 11.9.